The Morgan fingerprint density at radius 2 is 2.12 bits per heavy atom. The number of sulfonamides is 1. The molecule has 0 bridgehead atoms. The normalized spacial score (nSPS) is 19.2. The molecule has 1 aromatic carbocycles. The Bertz CT molecular complexity index is 1130. The van der Waals surface area contributed by atoms with Crippen LogP contribution in [0.15, 0.2) is 44.7 Å². The first-order valence-corrected chi connectivity index (χ1v) is 9.63. The summed E-state index contributed by atoms with van der Waals surface area (Å²) in [5.41, 5.74) is 0.803. The van der Waals surface area contributed by atoms with Crippen LogP contribution < -0.4 is 11.1 Å². The van der Waals surface area contributed by atoms with Crippen molar-refractivity contribution in [2.45, 2.75) is 10.9 Å². The predicted octanol–water partition coefficient (Wildman–Crippen LogP) is 0.200. The number of fused-ring (bicyclic) bond motifs is 1. The van der Waals surface area contributed by atoms with Crippen LogP contribution in [0.1, 0.15) is 11.9 Å². The molecular formula is C16H19N5O4S. The third-order valence-corrected chi connectivity index (χ3v) is 6.63. The van der Waals surface area contributed by atoms with Crippen molar-refractivity contribution in [3.63, 3.8) is 0 Å². The molecule has 1 saturated heterocycles. The Hall–Kier alpha value is -2.43. The first kappa shape index (κ1) is 17.0. The van der Waals surface area contributed by atoms with E-state index in [4.69, 9.17) is 4.42 Å². The van der Waals surface area contributed by atoms with Gasteiger partial charge in [-0.2, -0.15) is 4.31 Å². The summed E-state index contributed by atoms with van der Waals surface area (Å²) in [4.78, 5) is 16.1. The van der Waals surface area contributed by atoms with Crippen LogP contribution in [-0.4, -0.2) is 46.5 Å². The lowest BCUT2D eigenvalue weighted by Crippen LogP contribution is -2.49. The van der Waals surface area contributed by atoms with Gasteiger partial charge < -0.3 is 14.3 Å². The third-order valence-electron chi connectivity index (χ3n) is 4.72. The maximum absolute atomic E-state index is 13.3. The van der Waals surface area contributed by atoms with Crippen molar-refractivity contribution in [2.75, 3.05) is 19.6 Å². The molecule has 1 aliphatic heterocycles. The quantitative estimate of drug-likeness (QED) is 0.700. The van der Waals surface area contributed by atoms with E-state index in [0.717, 1.165) is 0 Å². The molecule has 26 heavy (non-hydrogen) atoms. The second-order valence-electron chi connectivity index (χ2n) is 6.29. The van der Waals surface area contributed by atoms with Crippen molar-refractivity contribution in [3.05, 3.63) is 47.0 Å². The number of aromatic nitrogens is 3. The van der Waals surface area contributed by atoms with E-state index >= 15 is 0 Å². The van der Waals surface area contributed by atoms with Crippen LogP contribution in [0.25, 0.3) is 11.1 Å². The molecule has 1 unspecified atom stereocenters. The van der Waals surface area contributed by atoms with Gasteiger partial charge in [-0.15, -0.1) is 0 Å². The summed E-state index contributed by atoms with van der Waals surface area (Å²) >= 11 is 0. The lowest BCUT2D eigenvalue weighted by Gasteiger charge is -2.34. The third kappa shape index (κ3) is 2.57. The Morgan fingerprint density at radius 1 is 1.31 bits per heavy atom. The number of imidazole rings is 1. The fourth-order valence-corrected chi connectivity index (χ4v) is 4.90. The summed E-state index contributed by atoms with van der Waals surface area (Å²) in [6.45, 7) is 1.37. The lowest BCUT2D eigenvalue weighted by molar-refractivity contribution is 0.258. The highest BCUT2D eigenvalue weighted by molar-refractivity contribution is 7.89. The number of rotatable bonds is 3. The average molecular weight is 377 g/mol. The summed E-state index contributed by atoms with van der Waals surface area (Å²) in [6.07, 6.45) is 3.44. The summed E-state index contributed by atoms with van der Waals surface area (Å²) in [5, 5.41) is 3.22. The molecule has 3 aromatic rings. The van der Waals surface area contributed by atoms with Crippen LogP contribution in [0.5, 0.6) is 0 Å². The van der Waals surface area contributed by atoms with Gasteiger partial charge in [-0.3, -0.25) is 4.57 Å². The van der Waals surface area contributed by atoms with Crippen molar-refractivity contribution >= 4 is 21.1 Å². The largest absolute Gasteiger partial charge is 0.419 e. The number of nitrogens with one attached hydrogen (secondary N) is 1. The van der Waals surface area contributed by atoms with Gasteiger partial charge in [0.05, 0.1) is 16.5 Å². The highest BCUT2D eigenvalue weighted by Crippen LogP contribution is 2.29. The van der Waals surface area contributed by atoms with Gasteiger partial charge in [0, 0.05) is 52.2 Å². The average Bonchev–Trinajstić information content (AvgIpc) is 3.18. The number of benzene rings is 1. The van der Waals surface area contributed by atoms with Crippen LogP contribution in [0, 0.1) is 0 Å². The van der Waals surface area contributed by atoms with E-state index in [-0.39, 0.29) is 10.5 Å². The van der Waals surface area contributed by atoms with Crippen LogP contribution >= 0.6 is 0 Å². The van der Waals surface area contributed by atoms with E-state index in [1.165, 1.54) is 21.0 Å². The molecular weight excluding hydrogens is 358 g/mol. The molecule has 0 amide bonds. The molecule has 0 radical (unpaired) electrons. The molecule has 0 aliphatic carbocycles. The topological polar surface area (TPSA) is 102 Å². The van der Waals surface area contributed by atoms with Crippen molar-refractivity contribution in [3.8, 4) is 0 Å². The van der Waals surface area contributed by atoms with Crippen LogP contribution in [0.3, 0.4) is 0 Å². The van der Waals surface area contributed by atoms with Gasteiger partial charge in [-0.1, -0.05) is 0 Å². The van der Waals surface area contributed by atoms with Crippen molar-refractivity contribution in [2.24, 2.45) is 14.1 Å². The van der Waals surface area contributed by atoms with Gasteiger partial charge >= 0.3 is 5.76 Å². The monoisotopic (exact) mass is 377 g/mol. The predicted molar refractivity (Wildman–Crippen MR) is 94.2 cm³/mol. The second-order valence-corrected chi connectivity index (χ2v) is 8.18. The fraction of sp³-hybridized carbons (Fsp3) is 0.375. The molecule has 4 rings (SSSR count). The van der Waals surface area contributed by atoms with E-state index in [9.17, 15) is 13.2 Å². The standard InChI is InChI=1S/C16H19N5O4S/c1-19-7-6-18-15(19)13-10-17-5-8-21(13)26(23,24)11-3-4-12-14(9-11)25-16(22)20(12)2/h3-4,6-7,9,13,17H,5,8,10H2,1-2H3. The highest BCUT2D eigenvalue weighted by Gasteiger charge is 2.36. The number of piperazine rings is 1. The number of oxazole rings is 1. The molecule has 0 saturated carbocycles. The minimum atomic E-state index is -3.78. The van der Waals surface area contributed by atoms with Crippen LogP contribution in [-0.2, 0) is 24.1 Å². The molecule has 138 valence electrons. The summed E-state index contributed by atoms with van der Waals surface area (Å²) in [7, 11) is -0.362. The highest BCUT2D eigenvalue weighted by atomic mass is 32.2. The lowest BCUT2D eigenvalue weighted by atomic mass is 10.2. The van der Waals surface area contributed by atoms with E-state index < -0.39 is 21.8 Å². The maximum Gasteiger partial charge on any atom is 0.419 e. The smallest absolute Gasteiger partial charge is 0.408 e. The summed E-state index contributed by atoms with van der Waals surface area (Å²) < 4.78 is 36.3. The minimum absolute atomic E-state index is 0.0976. The first-order chi connectivity index (χ1) is 12.4. The van der Waals surface area contributed by atoms with Gasteiger partial charge in [-0.05, 0) is 12.1 Å². The molecule has 9 nitrogen and oxygen atoms in total. The zero-order valence-corrected chi connectivity index (χ0v) is 15.2. The SMILES string of the molecule is Cn1ccnc1C1CNCCN1S(=O)(=O)c1ccc2c(c1)oc(=O)n2C. The molecule has 3 heterocycles. The van der Waals surface area contributed by atoms with Crippen molar-refractivity contribution in [1.82, 2.24) is 23.7 Å². The Morgan fingerprint density at radius 3 is 2.85 bits per heavy atom. The van der Waals surface area contributed by atoms with Crippen LogP contribution in [0.2, 0.25) is 0 Å². The van der Waals surface area contributed by atoms with Crippen molar-refractivity contribution < 1.29 is 12.8 Å². The van der Waals surface area contributed by atoms with Gasteiger partial charge in [0.15, 0.2) is 5.58 Å². The number of hydrogen-bond donors (Lipinski definition) is 1. The maximum atomic E-state index is 13.3. The Labute approximate surface area is 149 Å². The zero-order chi connectivity index (χ0) is 18.5. The Balaban J connectivity index is 1.79. The van der Waals surface area contributed by atoms with Crippen molar-refractivity contribution in [1.29, 1.82) is 0 Å². The molecule has 1 atom stereocenters. The zero-order valence-electron chi connectivity index (χ0n) is 14.4. The molecule has 2 aromatic heterocycles. The minimum Gasteiger partial charge on any atom is -0.408 e. The fourth-order valence-electron chi connectivity index (χ4n) is 3.30. The van der Waals surface area contributed by atoms with Gasteiger partial charge in [-0.25, -0.2) is 18.2 Å². The molecule has 0 spiro atoms. The number of nitrogens with zero attached hydrogens (tertiary/aromatic N) is 4. The number of aryl methyl sites for hydroxylation is 2. The van der Waals surface area contributed by atoms with Gasteiger partial charge in [0.25, 0.3) is 0 Å². The second kappa shape index (κ2) is 6.08. The van der Waals surface area contributed by atoms with Gasteiger partial charge in [0.1, 0.15) is 5.82 Å². The van der Waals surface area contributed by atoms with E-state index in [1.807, 2.05) is 11.6 Å². The van der Waals surface area contributed by atoms with Gasteiger partial charge in [0.2, 0.25) is 10.0 Å². The van der Waals surface area contributed by atoms with E-state index in [2.05, 4.69) is 10.3 Å². The first-order valence-electron chi connectivity index (χ1n) is 8.19. The molecule has 1 N–H and O–H groups in total. The molecule has 1 aliphatic rings. The number of hydrogen-bond acceptors (Lipinski definition) is 6. The van der Waals surface area contributed by atoms with Crippen LogP contribution in [0.4, 0.5) is 0 Å². The summed E-state index contributed by atoms with van der Waals surface area (Å²) in [5.74, 6) is 0.149. The summed E-state index contributed by atoms with van der Waals surface area (Å²) in [6, 6.07) is 4.09. The van der Waals surface area contributed by atoms with E-state index in [1.54, 1.807) is 25.5 Å². The molecule has 10 heteroatoms. The van der Waals surface area contributed by atoms with E-state index in [0.29, 0.717) is 31.0 Å². The Kier molecular flexibility index (Phi) is 3.98. The molecule has 1 fully saturated rings.